The van der Waals surface area contributed by atoms with Gasteiger partial charge in [-0.3, -0.25) is 4.79 Å². The molecule has 1 aromatic carbocycles. The first kappa shape index (κ1) is 24.8. The molecule has 0 radical (unpaired) electrons. The van der Waals surface area contributed by atoms with Crippen LogP contribution in [0.15, 0.2) is 42.5 Å². The van der Waals surface area contributed by atoms with Crippen molar-refractivity contribution in [1.82, 2.24) is 0 Å². The number of carbonyl (C=O) groups is 1. The van der Waals surface area contributed by atoms with Crippen LogP contribution in [0.3, 0.4) is 0 Å². The Morgan fingerprint density at radius 1 is 1.00 bits per heavy atom. The lowest BCUT2D eigenvalue weighted by Gasteiger charge is -2.10. The van der Waals surface area contributed by atoms with Gasteiger partial charge in [-0.15, -0.1) is 0 Å². The van der Waals surface area contributed by atoms with Crippen molar-refractivity contribution < 1.29 is 19.4 Å². The van der Waals surface area contributed by atoms with Crippen LogP contribution in [0.5, 0.6) is 5.75 Å². The number of benzene rings is 1. The maximum Gasteiger partial charge on any atom is 0.305 e. The molecule has 0 aliphatic rings. The van der Waals surface area contributed by atoms with E-state index in [-0.39, 0.29) is 11.7 Å². The Kier molecular flexibility index (Phi) is 14.3. The Balaban J connectivity index is 2.37. The van der Waals surface area contributed by atoms with Gasteiger partial charge in [-0.1, -0.05) is 69.7 Å². The second-order valence-electron chi connectivity index (χ2n) is 7.14. The Morgan fingerprint density at radius 3 is 2.48 bits per heavy atom. The van der Waals surface area contributed by atoms with Crippen molar-refractivity contribution in [2.24, 2.45) is 0 Å². The molecule has 0 amide bonds. The van der Waals surface area contributed by atoms with Crippen LogP contribution in [0.4, 0.5) is 0 Å². The van der Waals surface area contributed by atoms with Gasteiger partial charge in [0, 0.05) is 6.42 Å². The highest BCUT2D eigenvalue weighted by Crippen LogP contribution is 2.24. The van der Waals surface area contributed by atoms with Crippen LogP contribution < -0.4 is 4.74 Å². The first-order chi connectivity index (χ1) is 14.2. The lowest BCUT2D eigenvalue weighted by atomic mass is 10.1. The molecule has 1 N–H and O–H groups in total. The molecule has 0 aromatic heterocycles. The van der Waals surface area contributed by atoms with Gasteiger partial charge in [0.25, 0.3) is 0 Å². The van der Waals surface area contributed by atoms with Crippen LogP contribution >= 0.6 is 0 Å². The largest absolute Gasteiger partial charge is 0.507 e. The number of ether oxygens (including phenoxy) is 2. The molecular weight excluding hydrogens is 364 g/mol. The van der Waals surface area contributed by atoms with E-state index in [4.69, 9.17) is 9.47 Å². The second kappa shape index (κ2) is 16.7. The summed E-state index contributed by atoms with van der Waals surface area (Å²) in [7, 11) is 0. The van der Waals surface area contributed by atoms with Crippen molar-refractivity contribution >= 4 is 11.7 Å². The zero-order chi connectivity index (χ0) is 21.2. The number of carbonyl (C=O) groups excluding carboxylic acids is 1. The molecule has 0 aliphatic heterocycles. The average molecular weight is 403 g/mol. The monoisotopic (exact) mass is 402 g/mol. The van der Waals surface area contributed by atoms with E-state index in [0.29, 0.717) is 37.4 Å². The molecule has 0 saturated carbocycles. The molecule has 1 rings (SSSR count). The summed E-state index contributed by atoms with van der Waals surface area (Å²) in [6, 6.07) is 7.39. The molecule has 4 heteroatoms. The van der Waals surface area contributed by atoms with Gasteiger partial charge in [0.15, 0.2) is 0 Å². The Morgan fingerprint density at radius 2 is 1.72 bits per heavy atom. The molecule has 0 spiro atoms. The topological polar surface area (TPSA) is 55.8 Å². The summed E-state index contributed by atoms with van der Waals surface area (Å²) in [5, 5.41) is 10.4. The van der Waals surface area contributed by atoms with E-state index >= 15 is 0 Å². The molecule has 0 saturated heterocycles. The van der Waals surface area contributed by atoms with Gasteiger partial charge in [0.2, 0.25) is 0 Å². The molecule has 0 heterocycles. The lowest BCUT2D eigenvalue weighted by Crippen LogP contribution is -2.07. The van der Waals surface area contributed by atoms with E-state index in [1.807, 2.05) is 30.3 Å². The van der Waals surface area contributed by atoms with Crippen LogP contribution in [-0.4, -0.2) is 24.3 Å². The normalized spacial score (nSPS) is 11.7. The number of aliphatic hydroxyl groups excluding tert-OH is 1. The molecule has 0 atom stereocenters. The van der Waals surface area contributed by atoms with Gasteiger partial charge in [0.1, 0.15) is 11.5 Å². The van der Waals surface area contributed by atoms with Crippen LogP contribution in [0.2, 0.25) is 0 Å². The van der Waals surface area contributed by atoms with Crippen LogP contribution in [0.25, 0.3) is 5.76 Å². The van der Waals surface area contributed by atoms with Gasteiger partial charge in [-0.2, -0.15) is 0 Å². The van der Waals surface area contributed by atoms with Gasteiger partial charge < -0.3 is 14.6 Å². The van der Waals surface area contributed by atoms with Crippen molar-refractivity contribution in [3.8, 4) is 5.75 Å². The SMILES string of the molecule is CCCCCCCCC/C=C/C=C(/O)c1ccccc1OCCCC(=O)OCC. The highest BCUT2D eigenvalue weighted by Gasteiger charge is 2.07. The van der Waals surface area contributed by atoms with Gasteiger partial charge >= 0.3 is 5.97 Å². The molecule has 0 fully saturated rings. The molecule has 0 bridgehead atoms. The number of rotatable bonds is 16. The fourth-order valence-corrected chi connectivity index (χ4v) is 3.00. The van der Waals surface area contributed by atoms with Crippen LogP contribution in [0, 0.1) is 0 Å². The van der Waals surface area contributed by atoms with E-state index in [2.05, 4.69) is 13.0 Å². The first-order valence-corrected chi connectivity index (χ1v) is 11.1. The molecule has 0 unspecified atom stereocenters. The summed E-state index contributed by atoms with van der Waals surface area (Å²) in [6.07, 6.45) is 16.8. The Hall–Kier alpha value is -2.23. The number of hydrogen-bond donors (Lipinski definition) is 1. The standard InChI is InChI=1S/C25H38O4/c1-3-5-6-7-8-9-10-11-12-13-18-23(26)22-17-14-15-19-24(22)29-21-16-20-25(27)28-4-2/h12-15,17-19,26H,3-11,16,20-21H2,1-2H3/b13-12+,23-18+. The number of aliphatic hydroxyl groups is 1. The number of allylic oxidation sites excluding steroid dienone is 3. The van der Waals surface area contributed by atoms with Crippen molar-refractivity contribution in [1.29, 1.82) is 0 Å². The first-order valence-electron chi connectivity index (χ1n) is 11.1. The lowest BCUT2D eigenvalue weighted by molar-refractivity contribution is -0.143. The Bertz CT molecular complexity index is 619. The minimum absolute atomic E-state index is 0.182. The molecule has 4 nitrogen and oxygen atoms in total. The summed E-state index contributed by atoms with van der Waals surface area (Å²) < 4.78 is 10.7. The summed E-state index contributed by atoms with van der Waals surface area (Å²) in [4.78, 5) is 11.4. The van der Waals surface area contributed by atoms with Crippen LogP contribution in [-0.2, 0) is 9.53 Å². The van der Waals surface area contributed by atoms with Crippen LogP contribution in [0.1, 0.15) is 83.6 Å². The molecule has 0 aliphatic carbocycles. The zero-order valence-electron chi connectivity index (χ0n) is 18.2. The summed E-state index contributed by atoms with van der Waals surface area (Å²) in [6.45, 7) is 4.83. The second-order valence-corrected chi connectivity index (χ2v) is 7.14. The highest BCUT2D eigenvalue weighted by atomic mass is 16.5. The van der Waals surface area contributed by atoms with Gasteiger partial charge in [0.05, 0.1) is 18.8 Å². The van der Waals surface area contributed by atoms with Crippen molar-refractivity contribution in [2.45, 2.75) is 78.1 Å². The number of hydrogen-bond acceptors (Lipinski definition) is 4. The van der Waals surface area contributed by atoms with E-state index < -0.39 is 0 Å². The van der Waals surface area contributed by atoms with Gasteiger partial charge in [-0.25, -0.2) is 0 Å². The average Bonchev–Trinajstić information content (AvgIpc) is 2.73. The van der Waals surface area contributed by atoms with Crippen molar-refractivity contribution in [2.75, 3.05) is 13.2 Å². The third-order valence-electron chi connectivity index (χ3n) is 4.62. The predicted molar refractivity (Wildman–Crippen MR) is 120 cm³/mol. The third-order valence-corrected chi connectivity index (χ3v) is 4.62. The maximum absolute atomic E-state index is 11.4. The van der Waals surface area contributed by atoms with Crippen molar-refractivity contribution in [3.63, 3.8) is 0 Å². The summed E-state index contributed by atoms with van der Waals surface area (Å²) in [5.74, 6) is 0.589. The highest BCUT2D eigenvalue weighted by molar-refractivity contribution is 5.69. The minimum atomic E-state index is -0.210. The predicted octanol–water partition coefficient (Wildman–Crippen LogP) is 7.00. The molecule has 1 aromatic rings. The third kappa shape index (κ3) is 12.0. The number of esters is 1. The minimum Gasteiger partial charge on any atom is -0.507 e. The van der Waals surface area contributed by atoms with E-state index in [9.17, 15) is 9.90 Å². The number of para-hydroxylation sites is 1. The van der Waals surface area contributed by atoms with Crippen molar-refractivity contribution in [3.05, 3.63) is 48.1 Å². The summed E-state index contributed by atoms with van der Waals surface area (Å²) in [5.41, 5.74) is 0.657. The molecular formula is C25H38O4. The summed E-state index contributed by atoms with van der Waals surface area (Å²) >= 11 is 0. The fraction of sp³-hybridized carbons (Fsp3) is 0.560. The van der Waals surface area contributed by atoms with E-state index in [1.54, 1.807) is 13.0 Å². The quantitative estimate of drug-likeness (QED) is 0.140. The molecule has 29 heavy (non-hydrogen) atoms. The van der Waals surface area contributed by atoms with E-state index in [0.717, 1.165) is 6.42 Å². The fourth-order valence-electron chi connectivity index (χ4n) is 3.00. The maximum atomic E-state index is 11.4. The number of unbranched alkanes of at least 4 members (excludes halogenated alkanes) is 7. The zero-order valence-corrected chi connectivity index (χ0v) is 18.2. The smallest absolute Gasteiger partial charge is 0.305 e. The molecule has 162 valence electrons. The Labute approximate surface area is 176 Å². The van der Waals surface area contributed by atoms with Gasteiger partial charge in [-0.05, 0) is 44.4 Å². The van der Waals surface area contributed by atoms with E-state index in [1.165, 1.54) is 44.9 Å².